The smallest absolute Gasteiger partial charge is 0.0377 e. The topological polar surface area (TPSA) is 36.2 Å². The van der Waals surface area contributed by atoms with Crippen molar-refractivity contribution in [3.8, 4) is 0 Å². The average molecular weight is 262 g/mol. The molecular weight excluding hydrogens is 232 g/mol. The van der Waals surface area contributed by atoms with Gasteiger partial charge in [0.15, 0.2) is 0 Å². The molecule has 108 valence electrons. The van der Waals surface area contributed by atoms with Crippen molar-refractivity contribution in [3.63, 3.8) is 0 Å². The van der Waals surface area contributed by atoms with Crippen LogP contribution in [-0.4, -0.2) is 18.5 Å². The molecule has 0 saturated heterocycles. The molecule has 4 atom stereocenters. The summed E-state index contributed by atoms with van der Waals surface area (Å²) in [4.78, 5) is 4.56. The van der Waals surface area contributed by atoms with Crippen molar-refractivity contribution in [2.24, 2.45) is 34.6 Å². The van der Waals surface area contributed by atoms with E-state index in [0.717, 1.165) is 24.0 Å². The van der Waals surface area contributed by atoms with Gasteiger partial charge in [-0.05, 0) is 49.4 Å². The van der Waals surface area contributed by atoms with E-state index in [1.54, 1.807) is 0 Å². The van der Waals surface area contributed by atoms with E-state index in [0.29, 0.717) is 17.8 Å². The number of rotatable bonds is 4. The first-order valence-electron chi connectivity index (χ1n) is 8.10. The number of nitrogens with one attached hydrogen (secondary N) is 1. The molecule has 2 aliphatic carbocycles. The second-order valence-electron chi connectivity index (χ2n) is 6.99. The SMILES string of the molecule is CCCC1CC2CC(=NC)C(C(=N)C(C)C)C(C1)C2. The summed E-state index contributed by atoms with van der Waals surface area (Å²) in [6.45, 7) is 6.62. The molecule has 2 bridgehead atoms. The summed E-state index contributed by atoms with van der Waals surface area (Å²) in [6.07, 6.45) is 7.94. The van der Waals surface area contributed by atoms with Crippen LogP contribution < -0.4 is 0 Å². The summed E-state index contributed by atoms with van der Waals surface area (Å²) in [5, 5.41) is 8.48. The van der Waals surface area contributed by atoms with Crippen molar-refractivity contribution in [1.82, 2.24) is 0 Å². The van der Waals surface area contributed by atoms with Crippen molar-refractivity contribution in [2.45, 2.75) is 59.3 Å². The van der Waals surface area contributed by atoms with E-state index in [2.05, 4.69) is 25.8 Å². The molecule has 0 heterocycles. The molecule has 0 aliphatic heterocycles. The zero-order valence-electron chi connectivity index (χ0n) is 13.1. The first-order valence-corrected chi connectivity index (χ1v) is 8.10. The van der Waals surface area contributed by atoms with Gasteiger partial charge in [0.05, 0.1) is 0 Å². The lowest BCUT2D eigenvalue weighted by Crippen LogP contribution is -2.43. The van der Waals surface area contributed by atoms with Gasteiger partial charge in [-0.25, -0.2) is 0 Å². The van der Waals surface area contributed by atoms with Gasteiger partial charge in [0.2, 0.25) is 0 Å². The first kappa shape index (κ1) is 14.7. The van der Waals surface area contributed by atoms with Crippen LogP contribution in [0, 0.1) is 35.0 Å². The fourth-order valence-electron chi connectivity index (χ4n) is 4.42. The Morgan fingerprint density at radius 3 is 2.63 bits per heavy atom. The quantitative estimate of drug-likeness (QED) is 0.720. The molecule has 0 radical (unpaired) electrons. The Balaban J connectivity index is 2.18. The highest BCUT2D eigenvalue weighted by atomic mass is 14.7. The van der Waals surface area contributed by atoms with Gasteiger partial charge in [-0.2, -0.15) is 0 Å². The standard InChI is InChI=1S/C17H30N2/c1-5-6-12-7-13-9-14(8-12)16(15(10-13)19-4)17(18)11(2)3/h11-14,16,18H,5-10H2,1-4H3. The number of hydrogen-bond donors (Lipinski definition) is 1. The highest BCUT2D eigenvalue weighted by Crippen LogP contribution is 2.46. The molecule has 2 fully saturated rings. The third-order valence-electron chi connectivity index (χ3n) is 5.21. The highest BCUT2D eigenvalue weighted by molar-refractivity contribution is 6.07. The molecule has 2 rings (SSSR count). The molecule has 0 amide bonds. The van der Waals surface area contributed by atoms with E-state index < -0.39 is 0 Å². The second kappa shape index (κ2) is 6.19. The summed E-state index contributed by atoms with van der Waals surface area (Å²) in [7, 11) is 1.93. The average Bonchev–Trinajstić information content (AvgIpc) is 2.37. The minimum Gasteiger partial charge on any atom is -0.309 e. The lowest BCUT2D eigenvalue weighted by Gasteiger charge is -2.45. The van der Waals surface area contributed by atoms with E-state index in [4.69, 9.17) is 5.41 Å². The summed E-state index contributed by atoms with van der Waals surface area (Å²) in [5.41, 5.74) is 2.26. The normalized spacial score (nSPS) is 36.8. The van der Waals surface area contributed by atoms with Crippen LogP contribution in [-0.2, 0) is 0 Å². The van der Waals surface area contributed by atoms with Crippen LogP contribution in [0.2, 0.25) is 0 Å². The minimum atomic E-state index is 0.362. The third kappa shape index (κ3) is 3.09. The Bertz CT molecular complexity index is 356. The number of nitrogens with zero attached hydrogens (tertiary/aromatic N) is 1. The lowest BCUT2D eigenvalue weighted by atomic mass is 9.60. The summed E-state index contributed by atoms with van der Waals surface area (Å²) >= 11 is 0. The maximum atomic E-state index is 8.48. The van der Waals surface area contributed by atoms with E-state index in [1.807, 2.05) is 7.05 Å². The van der Waals surface area contributed by atoms with Gasteiger partial charge in [-0.15, -0.1) is 0 Å². The molecule has 2 nitrogen and oxygen atoms in total. The molecule has 2 aliphatic rings. The molecule has 0 aromatic carbocycles. The maximum absolute atomic E-state index is 8.48. The van der Waals surface area contributed by atoms with Crippen molar-refractivity contribution >= 4 is 11.4 Å². The van der Waals surface area contributed by atoms with Crippen molar-refractivity contribution in [2.75, 3.05) is 7.05 Å². The molecule has 4 unspecified atom stereocenters. The fraction of sp³-hybridized carbons (Fsp3) is 0.882. The van der Waals surface area contributed by atoms with Crippen LogP contribution in [0.3, 0.4) is 0 Å². The molecule has 1 N–H and O–H groups in total. The van der Waals surface area contributed by atoms with Gasteiger partial charge in [-0.3, -0.25) is 4.99 Å². The monoisotopic (exact) mass is 262 g/mol. The van der Waals surface area contributed by atoms with Gasteiger partial charge >= 0.3 is 0 Å². The van der Waals surface area contributed by atoms with Crippen molar-refractivity contribution < 1.29 is 0 Å². The Kier molecular flexibility index (Phi) is 4.81. The maximum Gasteiger partial charge on any atom is 0.0377 e. The van der Waals surface area contributed by atoms with Crippen LogP contribution in [0.25, 0.3) is 0 Å². The lowest BCUT2D eigenvalue weighted by molar-refractivity contribution is 0.160. The van der Waals surface area contributed by atoms with Gasteiger partial charge < -0.3 is 5.41 Å². The van der Waals surface area contributed by atoms with Gasteiger partial charge in [-0.1, -0.05) is 33.6 Å². The van der Waals surface area contributed by atoms with E-state index in [1.165, 1.54) is 37.8 Å². The van der Waals surface area contributed by atoms with E-state index >= 15 is 0 Å². The van der Waals surface area contributed by atoms with Gasteiger partial charge in [0.1, 0.15) is 0 Å². The molecule has 0 aromatic rings. The number of fused-ring (bicyclic) bond motifs is 2. The van der Waals surface area contributed by atoms with Crippen molar-refractivity contribution in [3.05, 3.63) is 0 Å². The first-order chi connectivity index (χ1) is 9.06. The Morgan fingerprint density at radius 2 is 2.05 bits per heavy atom. The molecule has 19 heavy (non-hydrogen) atoms. The van der Waals surface area contributed by atoms with Crippen LogP contribution in [0.5, 0.6) is 0 Å². The molecule has 0 aromatic heterocycles. The summed E-state index contributed by atoms with van der Waals surface area (Å²) in [6, 6.07) is 0. The largest absolute Gasteiger partial charge is 0.309 e. The zero-order chi connectivity index (χ0) is 14.0. The minimum absolute atomic E-state index is 0.362. The molecular formula is C17H30N2. The Morgan fingerprint density at radius 1 is 1.32 bits per heavy atom. The summed E-state index contributed by atoms with van der Waals surface area (Å²) < 4.78 is 0. The number of aliphatic imine (C=N–C) groups is 1. The van der Waals surface area contributed by atoms with E-state index in [-0.39, 0.29) is 0 Å². The highest BCUT2D eigenvalue weighted by Gasteiger charge is 2.42. The second-order valence-corrected chi connectivity index (χ2v) is 6.99. The van der Waals surface area contributed by atoms with Gasteiger partial charge in [0, 0.05) is 24.4 Å². The van der Waals surface area contributed by atoms with Crippen LogP contribution in [0.1, 0.15) is 59.3 Å². The van der Waals surface area contributed by atoms with Crippen molar-refractivity contribution in [1.29, 1.82) is 5.41 Å². The zero-order valence-corrected chi connectivity index (χ0v) is 13.1. The Labute approximate surface area is 118 Å². The van der Waals surface area contributed by atoms with Crippen LogP contribution in [0.15, 0.2) is 4.99 Å². The Hall–Kier alpha value is -0.660. The number of hydrogen-bond acceptors (Lipinski definition) is 2. The van der Waals surface area contributed by atoms with Gasteiger partial charge in [0.25, 0.3) is 0 Å². The molecule has 2 heteroatoms. The molecule has 0 spiro atoms. The van der Waals surface area contributed by atoms with E-state index in [9.17, 15) is 0 Å². The third-order valence-corrected chi connectivity index (χ3v) is 5.21. The van der Waals surface area contributed by atoms with Crippen LogP contribution >= 0.6 is 0 Å². The predicted octanol–water partition coefficient (Wildman–Crippen LogP) is 4.59. The summed E-state index contributed by atoms with van der Waals surface area (Å²) in [5.74, 6) is 3.20. The fourth-order valence-corrected chi connectivity index (χ4v) is 4.42. The molecule has 2 saturated carbocycles. The predicted molar refractivity (Wildman–Crippen MR) is 83.3 cm³/mol. The van der Waals surface area contributed by atoms with Crippen LogP contribution in [0.4, 0.5) is 0 Å².